The van der Waals surface area contributed by atoms with Crippen LogP contribution in [0.5, 0.6) is 0 Å². The summed E-state index contributed by atoms with van der Waals surface area (Å²) in [6, 6.07) is 80.0. The number of hydrogen-bond donors (Lipinski definition) is 0. The molecule has 0 saturated heterocycles. The van der Waals surface area contributed by atoms with Crippen molar-refractivity contribution in [1.82, 2.24) is 0 Å². The van der Waals surface area contributed by atoms with Crippen LogP contribution in [0.4, 0.5) is 17.1 Å². The zero-order chi connectivity index (χ0) is 37.3. The largest absolute Gasteiger partial charge is 0.456 e. The van der Waals surface area contributed by atoms with Gasteiger partial charge in [-0.1, -0.05) is 182 Å². The Balaban J connectivity index is 1.14. The van der Waals surface area contributed by atoms with E-state index in [0.29, 0.717) is 0 Å². The molecular weight excluding hydrogens is 679 g/mol. The Kier molecular flexibility index (Phi) is 8.55. The maximum atomic E-state index is 6.43. The highest BCUT2D eigenvalue weighted by Crippen LogP contribution is 2.45. The molecule has 1 aromatic heterocycles. The second-order valence-corrected chi connectivity index (χ2v) is 14.0. The molecule has 2 nitrogen and oxygen atoms in total. The summed E-state index contributed by atoms with van der Waals surface area (Å²) in [6.07, 6.45) is 0. The number of anilines is 3. The van der Waals surface area contributed by atoms with Gasteiger partial charge >= 0.3 is 0 Å². The van der Waals surface area contributed by atoms with E-state index in [1.165, 1.54) is 50.1 Å². The van der Waals surface area contributed by atoms with Crippen molar-refractivity contribution in [2.75, 3.05) is 4.90 Å². The average Bonchev–Trinajstić information content (AvgIpc) is 3.67. The summed E-state index contributed by atoms with van der Waals surface area (Å²) in [6.45, 7) is 0. The molecule has 0 fully saturated rings. The van der Waals surface area contributed by atoms with Gasteiger partial charge in [0.15, 0.2) is 0 Å². The van der Waals surface area contributed by atoms with Crippen LogP contribution in [0.25, 0.3) is 77.6 Å². The minimum absolute atomic E-state index is 0.862. The summed E-state index contributed by atoms with van der Waals surface area (Å²) in [5.41, 5.74) is 16.8. The highest BCUT2D eigenvalue weighted by Gasteiger charge is 2.21. The fraction of sp³-hybridized carbons (Fsp3) is 0. The van der Waals surface area contributed by atoms with Crippen molar-refractivity contribution in [2.45, 2.75) is 0 Å². The van der Waals surface area contributed by atoms with Gasteiger partial charge in [0.1, 0.15) is 11.2 Å². The van der Waals surface area contributed by atoms with Crippen molar-refractivity contribution in [3.05, 3.63) is 224 Å². The second-order valence-electron chi connectivity index (χ2n) is 14.0. The van der Waals surface area contributed by atoms with Crippen molar-refractivity contribution in [3.8, 4) is 55.6 Å². The lowest BCUT2D eigenvalue weighted by Gasteiger charge is -2.27. The van der Waals surface area contributed by atoms with Gasteiger partial charge in [-0.15, -0.1) is 0 Å². The van der Waals surface area contributed by atoms with E-state index in [4.69, 9.17) is 4.42 Å². The SMILES string of the molecule is c1ccc(-c2ccccc2-c2ccc(N(c3cccc(-c4ccccc4-c4ccccc4-c4ccccc4)c3)c3cccc4oc5ccccc5c34)cc2)cc1. The highest BCUT2D eigenvalue weighted by molar-refractivity contribution is 6.13. The molecule has 0 spiro atoms. The number of nitrogens with zero attached hydrogens (tertiary/aromatic N) is 1. The fourth-order valence-electron chi connectivity index (χ4n) is 8.13. The van der Waals surface area contributed by atoms with Gasteiger partial charge in [0.25, 0.3) is 0 Å². The number of benzene rings is 9. The summed E-state index contributed by atoms with van der Waals surface area (Å²) in [7, 11) is 0. The molecule has 0 bridgehead atoms. The smallest absolute Gasteiger partial charge is 0.137 e. The molecule has 0 saturated carbocycles. The third kappa shape index (κ3) is 6.04. The van der Waals surface area contributed by atoms with Crippen LogP contribution in [0.2, 0.25) is 0 Å². The average molecular weight is 716 g/mol. The Hall–Kier alpha value is -7.42. The van der Waals surface area contributed by atoms with Crippen LogP contribution >= 0.6 is 0 Å². The molecular formula is C54H37NO. The minimum Gasteiger partial charge on any atom is -0.456 e. The van der Waals surface area contributed by atoms with E-state index in [1.54, 1.807) is 0 Å². The van der Waals surface area contributed by atoms with Crippen molar-refractivity contribution in [2.24, 2.45) is 0 Å². The highest BCUT2D eigenvalue weighted by atomic mass is 16.3. The van der Waals surface area contributed by atoms with Crippen LogP contribution < -0.4 is 4.90 Å². The first-order valence-electron chi connectivity index (χ1n) is 19.1. The van der Waals surface area contributed by atoms with Gasteiger partial charge in [-0.2, -0.15) is 0 Å². The number of fused-ring (bicyclic) bond motifs is 3. The summed E-state index contributed by atoms with van der Waals surface area (Å²) >= 11 is 0. The van der Waals surface area contributed by atoms with E-state index < -0.39 is 0 Å². The van der Waals surface area contributed by atoms with E-state index in [9.17, 15) is 0 Å². The third-order valence-electron chi connectivity index (χ3n) is 10.7. The standard InChI is InChI=1S/C54H37NO/c1-3-17-38(18-4-1)44-23-7-8-24-45(44)40-33-35-42(36-34-40)55(51-30-16-32-53-54(51)50-29-13-14-31-52(50)56-53)43-22-15-21-41(37-43)47-26-10-12-28-49(47)48-27-11-9-25-46(48)39-19-5-2-6-20-39/h1-37H. The molecule has 56 heavy (non-hydrogen) atoms. The Bertz CT molecular complexity index is 2960. The monoisotopic (exact) mass is 715 g/mol. The van der Waals surface area contributed by atoms with Crippen LogP contribution in [0.15, 0.2) is 229 Å². The first-order chi connectivity index (χ1) is 27.8. The molecule has 10 aromatic rings. The molecule has 0 unspecified atom stereocenters. The Morgan fingerprint density at radius 1 is 0.286 bits per heavy atom. The number of hydrogen-bond acceptors (Lipinski definition) is 2. The predicted molar refractivity (Wildman–Crippen MR) is 236 cm³/mol. The topological polar surface area (TPSA) is 16.4 Å². The van der Waals surface area contributed by atoms with E-state index in [0.717, 1.165) is 44.6 Å². The van der Waals surface area contributed by atoms with E-state index in [1.807, 2.05) is 12.1 Å². The molecule has 0 radical (unpaired) electrons. The van der Waals surface area contributed by atoms with E-state index in [-0.39, 0.29) is 0 Å². The summed E-state index contributed by atoms with van der Waals surface area (Å²) in [5, 5.41) is 2.18. The molecule has 2 heteroatoms. The van der Waals surface area contributed by atoms with Crippen LogP contribution in [0, 0.1) is 0 Å². The number of para-hydroxylation sites is 1. The van der Waals surface area contributed by atoms with Gasteiger partial charge in [0.2, 0.25) is 0 Å². The molecule has 0 aliphatic rings. The molecule has 264 valence electrons. The first kappa shape index (κ1) is 33.2. The quantitative estimate of drug-likeness (QED) is 0.156. The van der Waals surface area contributed by atoms with Gasteiger partial charge in [-0.05, 0) is 98.1 Å². The van der Waals surface area contributed by atoms with Crippen molar-refractivity contribution in [3.63, 3.8) is 0 Å². The molecule has 9 aromatic carbocycles. The predicted octanol–water partition coefficient (Wildman–Crippen LogP) is 15.4. The lowest BCUT2D eigenvalue weighted by Crippen LogP contribution is -2.10. The second kappa shape index (κ2) is 14.4. The molecule has 0 N–H and O–H groups in total. The summed E-state index contributed by atoms with van der Waals surface area (Å²) in [5.74, 6) is 0. The van der Waals surface area contributed by atoms with E-state index >= 15 is 0 Å². The summed E-state index contributed by atoms with van der Waals surface area (Å²) in [4.78, 5) is 2.38. The normalized spacial score (nSPS) is 11.2. The van der Waals surface area contributed by atoms with E-state index in [2.05, 4.69) is 217 Å². The molecule has 10 rings (SSSR count). The molecule has 0 amide bonds. The molecule has 0 aliphatic carbocycles. The van der Waals surface area contributed by atoms with Crippen LogP contribution in [0.1, 0.15) is 0 Å². The lowest BCUT2D eigenvalue weighted by atomic mass is 9.89. The van der Waals surface area contributed by atoms with Crippen molar-refractivity contribution in [1.29, 1.82) is 0 Å². The Labute approximate surface area is 327 Å². The fourth-order valence-corrected chi connectivity index (χ4v) is 8.13. The number of furan rings is 1. The van der Waals surface area contributed by atoms with Crippen molar-refractivity contribution >= 4 is 39.0 Å². The minimum atomic E-state index is 0.862. The summed E-state index contributed by atoms with van der Waals surface area (Å²) < 4.78 is 6.43. The molecule has 0 aliphatic heterocycles. The Morgan fingerprint density at radius 3 is 1.36 bits per heavy atom. The van der Waals surface area contributed by atoms with Crippen molar-refractivity contribution < 1.29 is 4.42 Å². The maximum absolute atomic E-state index is 6.43. The number of rotatable bonds is 8. The van der Waals surface area contributed by atoms with Gasteiger partial charge in [-0.3, -0.25) is 0 Å². The third-order valence-corrected chi connectivity index (χ3v) is 10.7. The Morgan fingerprint density at radius 2 is 0.732 bits per heavy atom. The molecule has 1 heterocycles. The molecule has 0 atom stereocenters. The first-order valence-corrected chi connectivity index (χ1v) is 19.1. The lowest BCUT2D eigenvalue weighted by molar-refractivity contribution is 0.669. The zero-order valence-electron chi connectivity index (χ0n) is 30.7. The van der Waals surface area contributed by atoms with Crippen LogP contribution in [0.3, 0.4) is 0 Å². The maximum Gasteiger partial charge on any atom is 0.137 e. The van der Waals surface area contributed by atoms with Gasteiger partial charge in [-0.25, -0.2) is 0 Å². The zero-order valence-corrected chi connectivity index (χ0v) is 30.7. The van der Waals surface area contributed by atoms with Crippen LogP contribution in [-0.2, 0) is 0 Å². The van der Waals surface area contributed by atoms with Gasteiger partial charge in [0, 0.05) is 16.8 Å². The van der Waals surface area contributed by atoms with Gasteiger partial charge in [0.05, 0.1) is 11.1 Å². The van der Waals surface area contributed by atoms with Crippen LogP contribution in [-0.4, -0.2) is 0 Å². The van der Waals surface area contributed by atoms with Gasteiger partial charge < -0.3 is 9.32 Å².